The van der Waals surface area contributed by atoms with Crippen molar-refractivity contribution in [2.75, 3.05) is 6.61 Å². The molecule has 0 bridgehead atoms. The maximum Gasteiger partial charge on any atom is 0.335 e. The lowest BCUT2D eigenvalue weighted by molar-refractivity contribution is 0.0696. The standard InChI is InChI=1S/C10H11NO3/c12-5-9-8-3-6(10(13)14)1-2-7(8)4-11-9/h1-3,9,11-12H,4-5H2,(H,13,14). The number of hydrogen-bond acceptors (Lipinski definition) is 3. The van der Waals surface area contributed by atoms with Crippen molar-refractivity contribution in [2.45, 2.75) is 12.6 Å². The van der Waals surface area contributed by atoms with Gasteiger partial charge in [0.15, 0.2) is 0 Å². The number of aliphatic hydroxyl groups excluding tert-OH is 1. The minimum atomic E-state index is -0.934. The summed E-state index contributed by atoms with van der Waals surface area (Å²) in [6.07, 6.45) is 0. The lowest BCUT2D eigenvalue weighted by atomic mass is 10.0. The van der Waals surface area contributed by atoms with E-state index in [0.717, 1.165) is 11.1 Å². The first kappa shape index (κ1) is 9.18. The van der Waals surface area contributed by atoms with Crippen LogP contribution in [-0.2, 0) is 6.54 Å². The molecule has 1 heterocycles. The van der Waals surface area contributed by atoms with Crippen LogP contribution in [0.1, 0.15) is 27.5 Å². The topological polar surface area (TPSA) is 69.6 Å². The third kappa shape index (κ3) is 1.38. The summed E-state index contributed by atoms with van der Waals surface area (Å²) in [5.74, 6) is -0.934. The van der Waals surface area contributed by atoms with Gasteiger partial charge in [0, 0.05) is 6.54 Å². The molecule has 1 aromatic rings. The van der Waals surface area contributed by atoms with E-state index in [4.69, 9.17) is 10.2 Å². The van der Waals surface area contributed by atoms with Gasteiger partial charge in [-0.2, -0.15) is 0 Å². The van der Waals surface area contributed by atoms with E-state index in [-0.39, 0.29) is 18.2 Å². The van der Waals surface area contributed by atoms with Gasteiger partial charge in [-0.15, -0.1) is 0 Å². The average Bonchev–Trinajstić information content (AvgIpc) is 2.59. The molecule has 4 nitrogen and oxygen atoms in total. The van der Waals surface area contributed by atoms with Crippen molar-refractivity contribution in [1.29, 1.82) is 0 Å². The van der Waals surface area contributed by atoms with Crippen molar-refractivity contribution in [3.63, 3.8) is 0 Å². The number of fused-ring (bicyclic) bond motifs is 1. The minimum absolute atomic E-state index is 0.00390. The molecule has 0 saturated carbocycles. The largest absolute Gasteiger partial charge is 0.478 e. The van der Waals surface area contributed by atoms with Gasteiger partial charge in [-0.3, -0.25) is 0 Å². The smallest absolute Gasteiger partial charge is 0.335 e. The van der Waals surface area contributed by atoms with Gasteiger partial charge in [-0.1, -0.05) is 6.07 Å². The van der Waals surface area contributed by atoms with E-state index in [1.807, 2.05) is 0 Å². The van der Waals surface area contributed by atoms with Gasteiger partial charge in [0.1, 0.15) is 0 Å². The Hall–Kier alpha value is -1.39. The summed E-state index contributed by atoms with van der Waals surface area (Å²) in [6.45, 7) is 0.691. The van der Waals surface area contributed by atoms with E-state index in [1.54, 1.807) is 18.2 Å². The number of nitrogens with one attached hydrogen (secondary N) is 1. The van der Waals surface area contributed by atoms with Crippen LogP contribution >= 0.6 is 0 Å². The number of benzene rings is 1. The summed E-state index contributed by atoms with van der Waals surface area (Å²) in [7, 11) is 0. The highest BCUT2D eigenvalue weighted by Crippen LogP contribution is 2.25. The highest BCUT2D eigenvalue weighted by atomic mass is 16.4. The molecule has 74 valence electrons. The Bertz CT molecular complexity index is 376. The molecule has 1 aliphatic rings. The molecule has 3 N–H and O–H groups in total. The molecular weight excluding hydrogens is 182 g/mol. The van der Waals surface area contributed by atoms with Crippen LogP contribution in [0.15, 0.2) is 18.2 Å². The van der Waals surface area contributed by atoms with E-state index < -0.39 is 5.97 Å². The summed E-state index contributed by atoms with van der Waals surface area (Å²) in [5.41, 5.74) is 2.23. The molecule has 1 aromatic carbocycles. The predicted molar refractivity (Wildman–Crippen MR) is 50.1 cm³/mol. The van der Waals surface area contributed by atoms with Gasteiger partial charge in [-0.05, 0) is 23.3 Å². The van der Waals surface area contributed by atoms with Crippen LogP contribution in [0.4, 0.5) is 0 Å². The van der Waals surface area contributed by atoms with Gasteiger partial charge in [0.05, 0.1) is 18.2 Å². The molecule has 1 unspecified atom stereocenters. The van der Waals surface area contributed by atoms with E-state index >= 15 is 0 Å². The highest BCUT2D eigenvalue weighted by Gasteiger charge is 2.21. The Balaban J connectivity index is 2.42. The number of aromatic carboxylic acids is 1. The van der Waals surface area contributed by atoms with Crippen LogP contribution < -0.4 is 5.32 Å². The number of carbonyl (C=O) groups is 1. The Morgan fingerprint density at radius 1 is 1.57 bits per heavy atom. The summed E-state index contributed by atoms with van der Waals surface area (Å²) < 4.78 is 0. The molecule has 0 fully saturated rings. The van der Waals surface area contributed by atoms with Crippen molar-refractivity contribution in [3.8, 4) is 0 Å². The number of carboxylic acid groups (broad SMARTS) is 1. The van der Waals surface area contributed by atoms with Gasteiger partial charge < -0.3 is 15.5 Å². The minimum Gasteiger partial charge on any atom is -0.478 e. The molecule has 2 rings (SSSR count). The first-order valence-electron chi connectivity index (χ1n) is 4.42. The summed E-state index contributed by atoms with van der Waals surface area (Å²) in [4.78, 5) is 10.7. The van der Waals surface area contributed by atoms with Crippen molar-refractivity contribution in [1.82, 2.24) is 5.32 Å². The monoisotopic (exact) mass is 193 g/mol. The fourth-order valence-corrected chi connectivity index (χ4v) is 1.72. The predicted octanol–water partition coefficient (Wildman–Crippen LogP) is 0.521. The molecule has 1 aliphatic heterocycles. The molecule has 0 aromatic heterocycles. The number of hydrogen-bond donors (Lipinski definition) is 3. The second kappa shape index (κ2) is 3.40. The van der Waals surface area contributed by atoms with Crippen molar-refractivity contribution in [2.24, 2.45) is 0 Å². The zero-order chi connectivity index (χ0) is 10.1. The molecule has 4 heteroatoms. The van der Waals surface area contributed by atoms with Crippen LogP contribution in [0.2, 0.25) is 0 Å². The maximum absolute atomic E-state index is 10.7. The molecule has 14 heavy (non-hydrogen) atoms. The van der Waals surface area contributed by atoms with Crippen LogP contribution in [0, 0.1) is 0 Å². The normalized spacial score (nSPS) is 19.4. The summed E-state index contributed by atoms with van der Waals surface area (Å²) in [5, 5.41) is 20.9. The van der Waals surface area contributed by atoms with E-state index in [9.17, 15) is 4.79 Å². The molecule has 0 spiro atoms. The fourth-order valence-electron chi connectivity index (χ4n) is 1.72. The van der Waals surface area contributed by atoms with Crippen LogP contribution in [0.25, 0.3) is 0 Å². The van der Waals surface area contributed by atoms with E-state index in [1.165, 1.54) is 0 Å². The van der Waals surface area contributed by atoms with E-state index in [0.29, 0.717) is 6.54 Å². The van der Waals surface area contributed by atoms with Crippen molar-refractivity contribution in [3.05, 3.63) is 34.9 Å². The zero-order valence-electron chi connectivity index (χ0n) is 7.53. The average molecular weight is 193 g/mol. The summed E-state index contributed by atoms with van der Waals surface area (Å²) in [6, 6.07) is 4.88. The van der Waals surface area contributed by atoms with Gasteiger partial charge in [0.25, 0.3) is 0 Å². The highest BCUT2D eigenvalue weighted by molar-refractivity contribution is 5.88. The molecule has 0 radical (unpaired) electrons. The van der Waals surface area contributed by atoms with Crippen LogP contribution in [-0.4, -0.2) is 22.8 Å². The molecule has 0 saturated heterocycles. The lowest BCUT2D eigenvalue weighted by Crippen LogP contribution is -2.15. The number of carboxylic acids is 1. The van der Waals surface area contributed by atoms with Crippen molar-refractivity contribution < 1.29 is 15.0 Å². The third-order valence-electron chi connectivity index (χ3n) is 2.49. The molecule has 1 atom stereocenters. The first-order chi connectivity index (χ1) is 6.72. The number of rotatable bonds is 2. The number of aliphatic hydroxyl groups is 1. The van der Waals surface area contributed by atoms with Crippen molar-refractivity contribution >= 4 is 5.97 Å². The quantitative estimate of drug-likeness (QED) is 0.640. The lowest BCUT2D eigenvalue weighted by Gasteiger charge is -2.07. The van der Waals surface area contributed by atoms with Gasteiger partial charge in [0.2, 0.25) is 0 Å². The first-order valence-corrected chi connectivity index (χ1v) is 4.42. The summed E-state index contributed by atoms with van der Waals surface area (Å²) >= 11 is 0. The van der Waals surface area contributed by atoms with E-state index in [2.05, 4.69) is 5.32 Å². The Kier molecular flexibility index (Phi) is 2.23. The molecule has 0 amide bonds. The molecule has 0 aliphatic carbocycles. The maximum atomic E-state index is 10.7. The third-order valence-corrected chi connectivity index (χ3v) is 2.49. The van der Waals surface area contributed by atoms with Gasteiger partial charge in [-0.25, -0.2) is 4.79 Å². The Morgan fingerprint density at radius 3 is 3.00 bits per heavy atom. The SMILES string of the molecule is O=C(O)c1ccc2c(c1)C(CO)NC2. The van der Waals surface area contributed by atoms with Crippen LogP contribution in [0.3, 0.4) is 0 Å². The van der Waals surface area contributed by atoms with Gasteiger partial charge >= 0.3 is 5.97 Å². The Labute approximate surface area is 81.2 Å². The zero-order valence-corrected chi connectivity index (χ0v) is 7.53. The van der Waals surface area contributed by atoms with Crippen LogP contribution in [0.5, 0.6) is 0 Å². The Morgan fingerprint density at radius 2 is 2.36 bits per heavy atom. The molecular formula is C10H11NO3. The second-order valence-electron chi connectivity index (χ2n) is 3.33. The second-order valence-corrected chi connectivity index (χ2v) is 3.33. The fraction of sp³-hybridized carbons (Fsp3) is 0.300.